The Hall–Kier alpha value is -3.36. The quantitative estimate of drug-likeness (QED) is 0.286. The van der Waals surface area contributed by atoms with Crippen LogP contribution in [-0.4, -0.2) is 40.4 Å². The van der Waals surface area contributed by atoms with Gasteiger partial charge in [0.25, 0.3) is 5.91 Å². The molecule has 0 aromatic heterocycles. The summed E-state index contributed by atoms with van der Waals surface area (Å²) in [7, 11) is 0. The van der Waals surface area contributed by atoms with E-state index in [9.17, 15) is 22.8 Å². The number of ether oxygens (including phenoxy) is 2. The Balaban J connectivity index is 1.64. The summed E-state index contributed by atoms with van der Waals surface area (Å²) in [6, 6.07) is 10.4. The highest BCUT2D eigenvalue weighted by atomic mass is 19.4. The molecule has 1 spiro atoms. The lowest BCUT2D eigenvalue weighted by Crippen LogP contribution is -2.40. The fourth-order valence-corrected chi connectivity index (χ4v) is 5.42. The van der Waals surface area contributed by atoms with Crippen LogP contribution in [0.1, 0.15) is 83.8 Å². The average Bonchev–Trinajstić information content (AvgIpc) is 3.47. The zero-order chi connectivity index (χ0) is 29.1. The topological polar surface area (TPSA) is 68.2 Å². The number of alkyl halides is 3. The van der Waals surface area contributed by atoms with Crippen molar-refractivity contribution in [1.29, 1.82) is 0 Å². The van der Waals surface area contributed by atoms with Gasteiger partial charge in [-0.05, 0) is 74.9 Å². The number of hydrogen-bond acceptors (Lipinski definition) is 5. The summed E-state index contributed by atoms with van der Waals surface area (Å²) >= 11 is 0. The molecule has 2 aromatic rings. The first kappa shape index (κ1) is 29.6. The van der Waals surface area contributed by atoms with Gasteiger partial charge >= 0.3 is 12.1 Å². The van der Waals surface area contributed by atoms with Crippen molar-refractivity contribution in [3.63, 3.8) is 0 Å². The molecule has 1 amide bonds. The Morgan fingerprint density at radius 2 is 1.80 bits per heavy atom. The molecule has 0 N–H and O–H groups in total. The minimum atomic E-state index is -4.63. The number of amidine groups is 1. The Kier molecular flexibility index (Phi) is 8.61. The third-order valence-electron chi connectivity index (χ3n) is 7.50. The number of carbonyl (C=O) groups is 2. The first-order valence-electron chi connectivity index (χ1n) is 14.0. The Bertz CT molecular complexity index is 1280. The van der Waals surface area contributed by atoms with Gasteiger partial charge in [0.2, 0.25) is 0 Å². The average molecular weight is 559 g/mol. The summed E-state index contributed by atoms with van der Waals surface area (Å²) < 4.78 is 53.9. The molecule has 40 heavy (non-hydrogen) atoms. The summed E-state index contributed by atoms with van der Waals surface area (Å²) in [6.45, 7) is 7.05. The molecule has 1 saturated carbocycles. The number of carbonyl (C=O) groups excluding carboxylic acids is 2. The molecule has 4 rings (SSSR count). The van der Waals surface area contributed by atoms with Gasteiger partial charge in [-0.3, -0.25) is 14.7 Å². The molecule has 216 valence electrons. The van der Waals surface area contributed by atoms with Gasteiger partial charge in [0.1, 0.15) is 17.1 Å². The van der Waals surface area contributed by atoms with Crippen LogP contribution in [0.3, 0.4) is 0 Å². The normalized spacial score (nSPS) is 16.9. The van der Waals surface area contributed by atoms with Gasteiger partial charge in [-0.2, -0.15) is 13.2 Å². The number of nitrogens with zero attached hydrogens (tertiary/aromatic N) is 2. The monoisotopic (exact) mass is 558 g/mol. The van der Waals surface area contributed by atoms with E-state index >= 15 is 0 Å². The zero-order valence-electron chi connectivity index (χ0n) is 23.6. The molecular weight excluding hydrogens is 521 g/mol. The molecule has 1 aliphatic carbocycles. The molecule has 0 saturated heterocycles. The van der Waals surface area contributed by atoms with Crippen molar-refractivity contribution >= 4 is 17.7 Å². The van der Waals surface area contributed by atoms with Crippen LogP contribution in [0, 0.1) is 0 Å². The SMILES string of the molecule is CCCCC1=NC2(CCCC2)C(=O)N1Cc1ccc(-c2cccc(OC(C)(C)C(=O)OCC)c2)c(C(F)(F)F)c1. The molecule has 1 aliphatic heterocycles. The predicted molar refractivity (Wildman–Crippen MR) is 147 cm³/mol. The third kappa shape index (κ3) is 6.18. The van der Waals surface area contributed by atoms with Gasteiger partial charge in [0, 0.05) is 6.42 Å². The Labute approximate surface area is 233 Å². The lowest BCUT2D eigenvalue weighted by molar-refractivity contribution is -0.158. The molecule has 0 bridgehead atoms. The number of aliphatic imine (C=N–C) groups is 1. The van der Waals surface area contributed by atoms with E-state index in [4.69, 9.17) is 14.5 Å². The highest BCUT2D eigenvalue weighted by Gasteiger charge is 2.49. The van der Waals surface area contributed by atoms with Crippen LogP contribution in [0.2, 0.25) is 0 Å². The molecule has 0 radical (unpaired) electrons. The highest BCUT2D eigenvalue weighted by Crippen LogP contribution is 2.42. The number of hydrogen-bond donors (Lipinski definition) is 0. The fourth-order valence-electron chi connectivity index (χ4n) is 5.42. The molecule has 6 nitrogen and oxygen atoms in total. The van der Waals surface area contributed by atoms with E-state index in [0.29, 0.717) is 36.2 Å². The number of benzene rings is 2. The second kappa shape index (κ2) is 11.6. The summed E-state index contributed by atoms with van der Waals surface area (Å²) in [4.78, 5) is 32.1. The Morgan fingerprint density at radius 1 is 1.07 bits per heavy atom. The molecular formula is C31H37F3N2O4. The van der Waals surface area contributed by atoms with Crippen molar-refractivity contribution in [2.24, 2.45) is 4.99 Å². The van der Waals surface area contributed by atoms with Crippen LogP contribution in [0.25, 0.3) is 11.1 Å². The highest BCUT2D eigenvalue weighted by molar-refractivity contribution is 6.08. The van der Waals surface area contributed by atoms with Crippen molar-refractivity contribution in [3.05, 3.63) is 53.6 Å². The van der Waals surface area contributed by atoms with E-state index in [0.717, 1.165) is 31.7 Å². The second-order valence-electron chi connectivity index (χ2n) is 11.0. The van der Waals surface area contributed by atoms with Crippen LogP contribution in [0.4, 0.5) is 13.2 Å². The van der Waals surface area contributed by atoms with E-state index in [-0.39, 0.29) is 30.4 Å². The van der Waals surface area contributed by atoms with E-state index in [2.05, 4.69) is 6.92 Å². The van der Waals surface area contributed by atoms with E-state index in [1.165, 1.54) is 12.1 Å². The van der Waals surface area contributed by atoms with Crippen molar-refractivity contribution in [2.75, 3.05) is 6.61 Å². The largest absolute Gasteiger partial charge is 0.476 e. The lowest BCUT2D eigenvalue weighted by Gasteiger charge is -2.25. The van der Waals surface area contributed by atoms with E-state index in [1.807, 2.05) is 0 Å². The minimum Gasteiger partial charge on any atom is -0.476 e. The Morgan fingerprint density at radius 3 is 2.45 bits per heavy atom. The number of amides is 1. The van der Waals surface area contributed by atoms with Gasteiger partial charge in [-0.25, -0.2) is 4.79 Å². The fraction of sp³-hybridized carbons (Fsp3) is 0.516. The number of rotatable bonds is 10. The van der Waals surface area contributed by atoms with Crippen LogP contribution < -0.4 is 4.74 Å². The molecule has 1 fully saturated rings. The smallest absolute Gasteiger partial charge is 0.417 e. The molecule has 2 aliphatic rings. The van der Waals surface area contributed by atoms with Crippen molar-refractivity contribution in [1.82, 2.24) is 4.90 Å². The molecule has 0 atom stereocenters. The first-order valence-corrected chi connectivity index (χ1v) is 14.0. The van der Waals surface area contributed by atoms with E-state index in [1.54, 1.807) is 49.9 Å². The van der Waals surface area contributed by atoms with Gasteiger partial charge in [-0.15, -0.1) is 0 Å². The van der Waals surface area contributed by atoms with Crippen molar-refractivity contribution < 1.29 is 32.2 Å². The van der Waals surface area contributed by atoms with Crippen molar-refractivity contribution in [2.45, 2.75) is 96.5 Å². The zero-order valence-corrected chi connectivity index (χ0v) is 23.6. The van der Waals surface area contributed by atoms with Gasteiger partial charge in [0.05, 0.1) is 18.7 Å². The van der Waals surface area contributed by atoms with Crippen LogP contribution >= 0.6 is 0 Å². The first-order chi connectivity index (χ1) is 18.9. The maximum Gasteiger partial charge on any atom is 0.417 e. The standard InChI is InChI=1S/C31H37F3N2O4/c1-5-7-13-26-35-30(16-8-9-17-30)27(37)36(26)20-21-14-15-24(25(18-21)31(32,33)34)22-11-10-12-23(19-22)40-29(3,4)28(38)39-6-2/h10-12,14-15,18-19H,5-9,13,16-17,20H2,1-4H3. The summed E-state index contributed by atoms with van der Waals surface area (Å²) in [5.41, 5.74) is -2.20. The second-order valence-corrected chi connectivity index (χ2v) is 11.0. The number of unbranched alkanes of at least 4 members (excludes halogenated alkanes) is 1. The van der Waals surface area contributed by atoms with Crippen molar-refractivity contribution in [3.8, 4) is 16.9 Å². The molecule has 9 heteroatoms. The lowest BCUT2D eigenvalue weighted by atomic mass is 9.95. The van der Waals surface area contributed by atoms with Crippen LogP contribution in [0.15, 0.2) is 47.5 Å². The summed E-state index contributed by atoms with van der Waals surface area (Å²) in [6.07, 6.45) is 1.02. The van der Waals surface area contributed by atoms with Gasteiger partial charge < -0.3 is 9.47 Å². The van der Waals surface area contributed by atoms with Crippen LogP contribution in [-0.2, 0) is 27.0 Å². The summed E-state index contributed by atoms with van der Waals surface area (Å²) in [5, 5.41) is 0. The van der Waals surface area contributed by atoms with Crippen LogP contribution in [0.5, 0.6) is 5.75 Å². The van der Waals surface area contributed by atoms with Gasteiger partial charge in [-0.1, -0.05) is 50.5 Å². The minimum absolute atomic E-state index is 0.0180. The molecule has 2 aromatic carbocycles. The summed E-state index contributed by atoms with van der Waals surface area (Å²) in [5.74, 6) is 0.260. The van der Waals surface area contributed by atoms with Gasteiger partial charge in [0.15, 0.2) is 5.60 Å². The molecule has 0 unspecified atom stereocenters. The third-order valence-corrected chi connectivity index (χ3v) is 7.50. The number of esters is 1. The number of halogens is 3. The predicted octanol–water partition coefficient (Wildman–Crippen LogP) is 7.34. The maximum atomic E-state index is 14.4. The maximum absolute atomic E-state index is 14.4. The van der Waals surface area contributed by atoms with E-state index < -0.39 is 28.8 Å². The molecule has 1 heterocycles.